The van der Waals surface area contributed by atoms with Crippen LogP contribution >= 0.6 is 12.4 Å². The molecule has 0 radical (unpaired) electrons. The minimum Gasteiger partial charge on any atom is -0.493 e. The number of hydrogen-bond donors (Lipinski definition) is 1. The number of rotatable bonds is 5. The predicted molar refractivity (Wildman–Crippen MR) is 82.5 cm³/mol. The molecule has 4 nitrogen and oxygen atoms in total. The second-order valence-electron chi connectivity index (χ2n) is 4.86. The van der Waals surface area contributed by atoms with Crippen molar-refractivity contribution in [2.75, 3.05) is 26.7 Å². The third kappa shape index (κ3) is 5.02. The number of halogens is 1. The molecule has 20 heavy (non-hydrogen) atoms. The molecule has 1 aromatic carbocycles. The lowest BCUT2D eigenvalue weighted by Gasteiger charge is -2.31. The van der Waals surface area contributed by atoms with Gasteiger partial charge in [0, 0.05) is 19.1 Å². The molecule has 0 aromatic heterocycles. The molecule has 0 aliphatic carbocycles. The second-order valence-corrected chi connectivity index (χ2v) is 4.86. The number of nitrogens with one attached hydrogen (secondary N) is 1. The van der Waals surface area contributed by atoms with Crippen LogP contribution in [0.5, 0.6) is 5.75 Å². The van der Waals surface area contributed by atoms with Gasteiger partial charge >= 0.3 is 0 Å². The zero-order valence-corrected chi connectivity index (χ0v) is 12.7. The van der Waals surface area contributed by atoms with E-state index in [1.165, 1.54) is 0 Å². The highest BCUT2D eigenvalue weighted by atomic mass is 35.5. The molecular weight excluding hydrogens is 276 g/mol. The van der Waals surface area contributed by atoms with Gasteiger partial charge in [0.1, 0.15) is 5.75 Å². The van der Waals surface area contributed by atoms with E-state index in [1.807, 2.05) is 42.3 Å². The Balaban J connectivity index is 0.00000200. The van der Waals surface area contributed by atoms with Crippen LogP contribution in [0.2, 0.25) is 0 Å². The van der Waals surface area contributed by atoms with Crippen molar-refractivity contribution in [3.63, 3.8) is 0 Å². The van der Waals surface area contributed by atoms with Gasteiger partial charge in [0.05, 0.1) is 13.0 Å². The monoisotopic (exact) mass is 298 g/mol. The Hall–Kier alpha value is -1.26. The maximum absolute atomic E-state index is 12.0. The molecule has 112 valence electrons. The van der Waals surface area contributed by atoms with Gasteiger partial charge in [-0.25, -0.2) is 0 Å². The van der Waals surface area contributed by atoms with Gasteiger partial charge in [-0.2, -0.15) is 0 Å². The zero-order valence-electron chi connectivity index (χ0n) is 11.9. The highest BCUT2D eigenvalue weighted by Gasteiger charge is 2.21. The number of amides is 1. The topological polar surface area (TPSA) is 41.6 Å². The van der Waals surface area contributed by atoms with Crippen molar-refractivity contribution in [2.45, 2.75) is 25.3 Å². The van der Waals surface area contributed by atoms with Crippen molar-refractivity contribution >= 4 is 18.3 Å². The van der Waals surface area contributed by atoms with E-state index in [0.717, 1.165) is 31.7 Å². The van der Waals surface area contributed by atoms with E-state index >= 15 is 0 Å². The molecule has 1 aromatic rings. The highest BCUT2D eigenvalue weighted by Crippen LogP contribution is 2.12. The van der Waals surface area contributed by atoms with Gasteiger partial charge in [0.2, 0.25) is 5.91 Å². The van der Waals surface area contributed by atoms with Crippen LogP contribution in [0, 0.1) is 0 Å². The summed E-state index contributed by atoms with van der Waals surface area (Å²) in [5.74, 6) is 1.02. The maximum Gasteiger partial charge on any atom is 0.225 e. The van der Waals surface area contributed by atoms with Gasteiger partial charge in [-0.05, 0) is 32.0 Å². The van der Waals surface area contributed by atoms with Crippen molar-refractivity contribution in [1.29, 1.82) is 0 Å². The maximum atomic E-state index is 12.0. The molecule has 1 N–H and O–H groups in total. The second kappa shape index (κ2) is 8.82. The Labute approximate surface area is 126 Å². The number of ether oxygens (including phenoxy) is 1. The van der Waals surface area contributed by atoms with Gasteiger partial charge in [0.15, 0.2) is 0 Å². The number of hydrogen-bond acceptors (Lipinski definition) is 3. The summed E-state index contributed by atoms with van der Waals surface area (Å²) in [6, 6.07) is 10.2. The first kappa shape index (κ1) is 16.8. The molecule has 0 unspecified atom stereocenters. The van der Waals surface area contributed by atoms with Gasteiger partial charge in [-0.3, -0.25) is 4.79 Å². The Morgan fingerprint density at radius 3 is 2.55 bits per heavy atom. The van der Waals surface area contributed by atoms with E-state index in [-0.39, 0.29) is 18.3 Å². The average molecular weight is 299 g/mol. The van der Waals surface area contributed by atoms with Crippen LogP contribution in [0.4, 0.5) is 0 Å². The zero-order chi connectivity index (χ0) is 13.5. The third-order valence-electron chi connectivity index (χ3n) is 3.58. The molecule has 0 saturated carbocycles. The highest BCUT2D eigenvalue weighted by molar-refractivity contribution is 5.85. The Morgan fingerprint density at radius 2 is 1.95 bits per heavy atom. The Bertz CT molecular complexity index is 392. The number of benzene rings is 1. The summed E-state index contributed by atoms with van der Waals surface area (Å²) < 4.78 is 5.55. The van der Waals surface area contributed by atoms with Gasteiger partial charge in [-0.1, -0.05) is 18.2 Å². The first-order chi connectivity index (χ1) is 9.29. The van der Waals surface area contributed by atoms with E-state index in [9.17, 15) is 4.79 Å². The first-order valence-electron chi connectivity index (χ1n) is 6.92. The Kier molecular flexibility index (Phi) is 7.41. The number of carbonyl (C=O) groups excluding carboxylic acids is 1. The lowest BCUT2D eigenvalue weighted by atomic mass is 10.1. The van der Waals surface area contributed by atoms with Gasteiger partial charge < -0.3 is 15.0 Å². The molecule has 1 aliphatic heterocycles. The molecule has 0 bridgehead atoms. The normalized spacial score (nSPS) is 15.6. The fourth-order valence-electron chi connectivity index (χ4n) is 2.35. The van der Waals surface area contributed by atoms with Crippen LogP contribution in [-0.4, -0.2) is 43.6 Å². The van der Waals surface area contributed by atoms with E-state index in [2.05, 4.69) is 5.32 Å². The lowest BCUT2D eigenvalue weighted by Crippen LogP contribution is -2.44. The van der Waals surface area contributed by atoms with Crippen molar-refractivity contribution in [1.82, 2.24) is 10.2 Å². The molecule has 1 fully saturated rings. The molecule has 0 atom stereocenters. The lowest BCUT2D eigenvalue weighted by molar-refractivity contribution is -0.132. The minimum absolute atomic E-state index is 0. The SMILES string of the molecule is CNC1CCN(C(=O)CCOc2ccccc2)CC1.Cl. The minimum atomic E-state index is 0. The standard InChI is InChI=1S/C15H22N2O2.ClH/c1-16-13-7-10-17(11-8-13)15(18)9-12-19-14-5-3-2-4-6-14;/h2-6,13,16H,7-12H2,1H3;1H. The summed E-state index contributed by atoms with van der Waals surface area (Å²) in [5.41, 5.74) is 0. The predicted octanol–water partition coefficient (Wildman–Crippen LogP) is 2.09. The van der Waals surface area contributed by atoms with E-state index in [1.54, 1.807) is 0 Å². The van der Waals surface area contributed by atoms with Crippen molar-refractivity contribution in [3.8, 4) is 5.75 Å². The molecular formula is C15H23ClN2O2. The van der Waals surface area contributed by atoms with Crippen LogP contribution in [0.3, 0.4) is 0 Å². The van der Waals surface area contributed by atoms with Crippen LogP contribution in [-0.2, 0) is 4.79 Å². The van der Waals surface area contributed by atoms with Crippen molar-refractivity contribution < 1.29 is 9.53 Å². The van der Waals surface area contributed by atoms with Crippen molar-refractivity contribution in [3.05, 3.63) is 30.3 Å². The number of carbonyl (C=O) groups is 1. The van der Waals surface area contributed by atoms with E-state index in [0.29, 0.717) is 19.1 Å². The number of nitrogens with zero attached hydrogens (tertiary/aromatic N) is 1. The first-order valence-corrected chi connectivity index (χ1v) is 6.92. The molecule has 1 aliphatic rings. The summed E-state index contributed by atoms with van der Waals surface area (Å²) in [6.45, 7) is 2.17. The summed E-state index contributed by atoms with van der Waals surface area (Å²) in [4.78, 5) is 14.0. The summed E-state index contributed by atoms with van der Waals surface area (Å²) in [6.07, 6.45) is 2.54. The average Bonchev–Trinajstić information content (AvgIpc) is 2.48. The molecule has 2 rings (SSSR count). The molecule has 1 amide bonds. The smallest absolute Gasteiger partial charge is 0.225 e. The van der Waals surface area contributed by atoms with Crippen molar-refractivity contribution in [2.24, 2.45) is 0 Å². The number of piperidine rings is 1. The van der Waals surface area contributed by atoms with E-state index < -0.39 is 0 Å². The van der Waals surface area contributed by atoms with Crippen LogP contribution in [0.25, 0.3) is 0 Å². The van der Waals surface area contributed by atoms with E-state index in [4.69, 9.17) is 4.74 Å². The number of para-hydroxylation sites is 1. The summed E-state index contributed by atoms with van der Waals surface area (Å²) in [7, 11) is 1.98. The Morgan fingerprint density at radius 1 is 1.30 bits per heavy atom. The third-order valence-corrected chi connectivity index (χ3v) is 3.58. The fourth-order valence-corrected chi connectivity index (χ4v) is 2.35. The molecule has 5 heteroatoms. The van der Waals surface area contributed by atoms with Gasteiger partial charge in [-0.15, -0.1) is 12.4 Å². The summed E-state index contributed by atoms with van der Waals surface area (Å²) >= 11 is 0. The van der Waals surface area contributed by atoms with Crippen LogP contribution < -0.4 is 10.1 Å². The molecule has 0 spiro atoms. The largest absolute Gasteiger partial charge is 0.493 e. The number of likely N-dealkylation sites (tertiary alicyclic amines) is 1. The van der Waals surface area contributed by atoms with Crippen LogP contribution in [0.15, 0.2) is 30.3 Å². The summed E-state index contributed by atoms with van der Waals surface area (Å²) in [5, 5.41) is 3.27. The van der Waals surface area contributed by atoms with Gasteiger partial charge in [0.25, 0.3) is 0 Å². The molecule has 1 saturated heterocycles. The quantitative estimate of drug-likeness (QED) is 0.905. The molecule has 1 heterocycles. The van der Waals surface area contributed by atoms with Crippen LogP contribution in [0.1, 0.15) is 19.3 Å². The fraction of sp³-hybridized carbons (Fsp3) is 0.533.